The summed E-state index contributed by atoms with van der Waals surface area (Å²) in [4.78, 5) is 11.8. The monoisotopic (exact) mass is 345 g/mol. The van der Waals surface area contributed by atoms with Crippen molar-refractivity contribution in [2.45, 2.75) is 46.0 Å². The Hall–Kier alpha value is -2.37. The van der Waals surface area contributed by atoms with E-state index in [1.165, 1.54) is 0 Å². The Morgan fingerprint density at radius 2 is 1.96 bits per heavy atom. The fraction of sp³-hybridized carbons (Fsp3) is 0.526. The van der Waals surface area contributed by atoms with Gasteiger partial charge in [-0.3, -0.25) is 4.79 Å². The van der Waals surface area contributed by atoms with Gasteiger partial charge in [0.2, 0.25) is 17.7 Å². The van der Waals surface area contributed by atoms with Crippen molar-refractivity contribution < 1.29 is 13.9 Å². The Kier molecular flexibility index (Phi) is 7.44. The van der Waals surface area contributed by atoms with Gasteiger partial charge in [-0.1, -0.05) is 26.0 Å². The topological polar surface area (TPSA) is 77.2 Å². The number of aryl methyl sites for hydroxylation is 3. The molecule has 1 aromatic heterocycles. The second-order valence-corrected chi connectivity index (χ2v) is 6.47. The molecule has 1 aromatic carbocycles. The number of amides is 1. The number of ether oxygens (including phenoxy) is 1. The number of carbonyl (C=O) groups excluding carboxylic acids is 1. The first-order valence-electron chi connectivity index (χ1n) is 8.77. The van der Waals surface area contributed by atoms with Crippen LogP contribution in [0, 0.1) is 5.92 Å². The molecule has 0 fully saturated rings. The number of nitrogens with zero attached hydrogens (tertiary/aromatic N) is 2. The molecule has 136 valence electrons. The second kappa shape index (κ2) is 9.81. The van der Waals surface area contributed by atoms with Gasteiger partial charge in [0.05, 0.1) is 7.11 Å². The average molecular weight is 345 g/mol. The van der Waals surface area contributed by atoms with Crippen molar-refractivity contribution in [3.8, 4) is 5.75 Å². The molecule has 0 aliphatic carbocycles. The number of hydrogen-bond donors (Lipinski definition) is 1. The lowest BCUT2D eigenvalue weighted by molar-refractivity contribution is -0.121. The van der Waals surface area contributed by atoms with Gasteiger partial charge < -0.3 is 14.5 Å². The molecular formula is C19H27N3O3. The van der Waals surface area contributed by atoms with Crippen molar-refractivity contribution in [3.05, 3.63) is 41.6 Å². The molecule has 25 heavy (non-hydrogen) atoms. The fourth-order valence-corrected chi connectivity index (χ4v) is 2.38. The lowest BCUT2D eigenvalue weighted by Crippen LogP contribution is -2.25. The summed E-state index contributed by atoms with van der Waals surface area (Å²) >= 11 is 0. The lowest BCUT2D eigenvalue weighted by atomic mass is 10.1. The smallest absolute Gasteiger partial charge is 0.220 e. The zero-order valence-electron chi connectivity index (χ0n) is 15.2. The molecular weight excluding hydrogens is 318 g/mol. The van der Waals surface area contributed by atoms with Gasteiger partial charge in [0.15, 0.2) is 0 Å². The van der Waals surface area contributed by atoms with Crippen molar-refractivity contribution in [3.63, 3.8) is 0 Å². The maximum absolute atomic E-state index is 11.8. The number of benzene rings is 1. The Morgan fingerprint density at radius 1 is 1.20 bits per heavy atom. The highest BCUT2D eigenvalue weighted by Gasteiger charge is 2.09. The third-order valence-electron chi connectivity index (χ3n) is 3.88. The van der Waals surface area contributed by atoms with Crippen LogP contribution < -0.4 is 10.1 Å². The van der Waals surface area contributed by atoms with Crippen LogP contribution in [-0.4, -0.2) is 29.8 Å². The Labute approximate surface area is 149 Å². The molecule has 0 saturated heterocycles. The molecule has 0 bridgehead atoms. The third-order valence-corrected chi connectivity index (χ3v) is 3.88. The van der Waals surface area contributed by atoms with Crippen LogP contribution in [0.25, 0.3) is 0 Å². The van der Waals surface area contributed by atoms with Crippen LogP contribution in [-0.2, 0) is 24.1 Å². The Balaban J connectivity index is 1.73. The molecule has 1 heterocycles. The first-order chi connectivity index (χ1) is 12.1. The predicted octanol–water partition coefficient (Wildman–Crippen LogP) is 2.96. The van der Waals surface area contributed by atoms with Crippen molar-refractivity contribution in [2.24, 2.45) is 5.92 Å². The number of aromatic nitrogens is 2. The van der Waals surface area contributed by atoms with E-state index in [1.807, 2.05) is 24.3 Å². The van der Waals surface area contributed by atoms with Crippen LogP contribution in [0.15, 0.2) is 28.7 Å². The number of nitrogens with one attached hydrogen (secondary N) is 1. The first kappa shape index (κ1) is 19.0. The standard InChI is InChI=1S/C19H27N3O3/c1-14(2)11-12-20-17(23)8-10-19-22-21-18(25-19)9-7-15-5-4-6-16(13-15)24-3/h4-6,13-14H,7-12H2,1-3H3,(H,20,23). The van der Waals surface area contributed by atoms with E-state index in [1.54, 1.807) is 7.11 Å². The highest BCUT2D eigenvalue weighted by Crippen LogP contribution is 2.14. The molecule has 2 rings (SSSR count). The molecule has 0 spiro atoms. The molecule has 1 amide bonds. The molecule has 0 aliphatic heterocycles. The van der Waals surface area contributed by atoms with Gasteiger partial charge >= 0.3 is 0 Å². The van der Waals surface area contributed by atoms with Crippen molar-refractivity contribution in [1.82, 2.24) is 15.5 Å². The van der Waals surface area contributed by atoms with E-state index in [2.05, 4.69) is 29.4 Å². The highest BCUT2D eigenvalue weighted by atomic mass is 16.5. The van der Waals surface area contributed by atoms with Crippen LogP contribution in [0.2, 0.25) is 0 Å². The van der Waals surface area contributed by atoms with E-state index in [4.69, 9.17) is 9.15 Å². The minimum atomic E-state index is 0.0248. The van der Waals surface area contributed by atoms with Crippen LogP contribution in [0.1, 0.15) is 44.0 Å². The molecule has 0 radical (unpaired) electrons. The maximum atomic E-state index is 11.8. The van der Waals surface area contributed by atoms with E-state index in [0.717, 1.165) is 24.2 Å². The fourth-order valence-electron chi connectivity index (χ4n) is 2.38. The summed E-state index contributed by atoms with van der Waals surface area (Å²) in [5.41, 5.74) is 1.16. The summed E-state index contributed by atoms with van der Waals surface area (Å²) in [7, 11) is 1.66. The number of methoxy groups -OCH3 is 1. The molecule has 0 unspecified atom stereocenters. The number of hydrogen-bond acceptors (Lipinski definition) is 5. The molecule has 6 heteroatoms. The molecule has 0 aliphatic rings. The minimum Gasteiger partial charge on any atom is -0.497 e. The van der Waals surface area contributed by atoms with Crippen LogP contribution in [0.3, 0.4) is 0 Å². The van der Waals surface area contributed by atoms with Crippen molar-refractivity contribution >= 4 is 5.91 Å². The van der Waals surface area contributed by atoms with Crippen LogP contribution in [0.4, 0.5) is 0 Å². The Morgan fingerprint density at radius 3 is 2.68 bits per heavy atom. The Bertz CT molecular complexity index is 667. The molecule has 0 atom stereocenters. The van der Waals surface area contributed by atoms with Gasteiger partial charge in [0.25, 0.3) is 0 Å². The molecule has 2 aromatic rings. The van der Waals surface area contributed by atoms with E-state index < -0.39 is 0 Å². The summed E-state index contributed by atoms with van der Waals surface area (Å²) in [6, 6.07) is 7.92. The first-order valence-corrected chi connectivity index (χ1v) is 8.77. The van der Waals surface area contributed by atoms with Crippen molar-refractivity contribution in [1.29, 1.82) is 0 Å². The van der Waals surface area contributed by atoms with Gasteiger partial charge in [-0.05, 0) is 36.5 Å². The van der Waals surface area contributed by atoms with E-state index >= 15 is 0 Å². The van der Waals surface area contributed by atoms with Gasteiger partial charge in [-0.25, -0.2) is 0 Å². The summed E-state index contributed by atoms with van der Waals surface area (Å²) in [5.74, 6) is 2.56. The second-order valence-electron chi connectivity index (χ2n) is 6.47. The van der Waals surface area contributed by atoms with E-state index in [9.17, 15) is 4.79 Å². The molecule has 6 nitrogen and oxygen atoms in total. The van der Waals surface area contributed by atoms with E-state index in [-0.39, 0.29) is 5.91 Å². The molecule has 0 saturated carbocycles. The SMILES string of the molecule is COc1cccc(CCc2nnc(CCC(=O)NCCC(C)C)o2)c1. The average Bonchev–Trinajstić information content (AvgIpc) is 3.06. The lowest BCUT2D eigenvalue weighted by Gasteiger charge is -2.06. The van der Waals surface area contributed by atoms with Gasteiger partial charge in [-0.15, -0.1) is 10.2 Å². The molecule has 1 N–H and O–H groups in total. The largest absolute Gasteiger partial charge is 0.497 e. The zero-order valence-corrected chi connectivity index (χ0v) is 15.2. The number of carbonyl (C=O) groups is 1. The predicted molar refractivity (Wildman–Crippen MR) is 95.5 cm³/mol. The highest BCUT2D eigenvalue weighted by molar-refractivity contribution is 5.75. The third kappa shape index (κ3) is 6.95. The maximum Gasteiger partial charge on any atom is 0.220 e. The summed E-state index contributed by atoms with van der Waals surface area (Å²) in [6.45, 7) is 4.99. The minimum absolute atomic E-state index is 0.0248. The summed E-state index contributed by atoms with van der Waals surface area (Å²) in [6.07, 6.45) is 3.30. The van der Waals surface area contributed by atoms with Gasteiger partial charge in [0, 0.05) is 25.8 Å². The van der Waals surface area contributed by atoms with Crippen LogP contribution >= 0.6 is 0 Å². The van der Waals surface area contributed by atoms with E-state index in [0.29, 0.717) is 43.5 Å². The van der Waals surface area contributed by atoms with Crippen molar-refractivity contribution in [2.75, 3.05) is 13.7 Å². The van der Waals surface area contributed by atoms with Gasteiger partial charge in [0.1, 0.15) is 5.75 Å². The normalized spacial score (nSPS) is 10.9. The van der Waals surface area contributed by atoms with Crippen LogP contribution in [0.5, 0.6) is 5.75 Å². The quantitative estimate of drug-likeness (QED) is 0.716. The number of rotatable bonds is 10. The summed E-state index contributed by atoms with van der Waals surface area (Å²) < 4.78 is 10.8. The van der Waals surface area contributed by atoms with Gasteiger partial charge in [-0.2, -0.15) is 0 Å². The summed E-state index contributed by atoms with van der Waals surface area (Å²) in [5, 5.41) is 11.0. The zero-order chi connectivity index (χ0) is 18.1.